The number of benzene rings is 1. The van der Waals surface area contributed by atoms with E-state index < -0.39 is 10.0 Å². The van der Waals surface area contributed by atoms with Crippen LogP contribution in [0, 0.1) is 3.57 Å². The molecule has 0 unspecified atom stereocenters. The highest BCUT2D eigenvalue weighted by Crippen LogP contribution is 2.11. The Bertz CT molecular complexity index is 411. The Balaban J connectivity index is 2.93. The van der Waals surface area contributed by atoms with Gasteiger partial charge in [-0.3, -0.25) is 0 Å². The molecule has 0 aliphatic heterocycles. The molecule has 0 heterocycles. The third-order valence-electron chi connectivity index (χ3n) is 1.54. The molecule has 1 rings (SSSR count). The summed E-state index contributed by atoms with van der Waals surface area (Å²) >= 11 is 2.12. The lowest BCUT2D eigenvalue weighted by Crippen LogP contribution is -2.23. The summed E-state index contributed by atoms with van der Waals surface area (Å²) in [5, 5.41) is 0. The minimum absolute atomic E-state index is 0.244. The van der Waals surface area contributed by atoms with Crippen LogP contribution in [-0.2, 0) is 10.0 Å². The number of hydrogen-bond acceptors (Lipinski definition) is 2. The molecule has 1 aromatic carbocycles. The van der Waals surface area contributed by atoms with E-state index in [0.717, 1.165) is 3.57 Å². The molecule has 1 aromatic rings. The Morgan fingerprint density at radius 3 is 2.43 bits per heavy atom. The largest absolute Gasteiger partial charge is 0.240 e. The van der Waals surface area contributed by atoms with Crippen molar-refractivity contribution in [3.63, 3.8) is 0 Å². The second-order valence-corrected chi connectivity index (χ2v) is 5.61. The van der Waals surface area contributed by atoms with Gasteiger partial charge in [0, 0.05) is 10.1 Å². The van der Waals surface area contributed by atoms with Crippen LogP contribution in [-0.4, -0.2) is 15.0 Å². The van der Waals surface area contributed by atoms with E-state index in [9.17, 15) is 8.42 Å². The molecule has 0 radical (unpaired) electrons. The van der Waals surface area contributed by atoms with Crippen molar-refractivity contribution in [1.82, 2.24) is 4.72 Å². The van der Waals surface area contributed by atoms with Crippen molar-refractivity contribution >= 4 is 32.6 Å². The Morgan fingerprint density at radius 2 is 1.93 bits per heavy atom. The first kappa shape index (κ1) is 11.7. The van der Waals surface area contributed by atoms with Crippen LogP contribution in [0.2, 0.25) is 0 Å². The third-order valence-corrected chi connectivity index (χ3v) is 3.70. The van der Waals surface area contributed by atoms with Crippen LogP contribution >= 0.6 is 22.6 Å². The molecule has 0 aliphatic rings. The zero-order valence-electron chi connectivity index (χ0n) is 7.40. The molecule has 5 heteroatoms. The van der Waals surface area contributed by atoms with E-state index in [2.05, 4.69) is 33.9 Å². The van der Waals surface area contributed by atoms with Gasteiger partial charge in [-0.2, -0.15) is 0 Å². The van der Waals surface area contributed by atoms with Crippen molar-refractivity contribution in [2.75, 3.05) is 6.54 Å². The molecule has 1 N–H and O–H groups in total. The number of halogens is 1. The lowest BCUT2D eigenvalue weighted by molar-refractivity contribution is 0.585. The molecule has 3 nitrogen and oxygen atoms in total. The predicted octanol–water partition coefficient (Wildman–Crippen LogP) is 1.76. The van der Waals surface area contributed by atoms with Gasteiger partial charge in [-0.05, 0) is 46.9 Å². The van der Waals surface area contributed by atoms with Crippen LogP contribution in [0.25, 0.3) is 0 Å². The van der Waals surface area contributed by atoms with Gasteiger partial charge in [0.25, 0.3) is 0 Å². The van der Waals surface area contributed by atoms with Gasteiger partial charge in [-0.1, -0.05) is 6.08 Å². The van der Waals surface area contributed by atoms with Crippen LogP contribution in [0.4, 0.5) is 0 Å². The molecule has 76 valence electrons. The number of rotatable bonds is 4. The van der Waals surface area contributed by atoms with Crippen molar-refractivity contribution in [2.24, 2.45) is 0 Å². The lowest BCUT2D eigenvalue weighted by atomic mass is 10.4. The first-order valence-corrected chi connectivity index (χ1v) is 6.48. The van der Waals surface area contributed by atoms with E-state index in [-0.39, 0.29) is 11.4 Å². The van der Waals surface area contributed by atoms with Gasteiger partial charge in [0.1, 0.15) is 0 Å². The summed E-state index contributed by atoms with van der Waals surface area (Å²) in [5.41, 5.74) is 0. The summed E-state index contributed by atoms with van der Waals surface area (Å²) in [6.07, 6.45) is 1.50. The molecule has 14 heavy (non-hydrogen) atoms. The van der Waals surface area contributed by atoms with Crippen molar-refractivity contribution in [1.29, 1.82) is 0 Å². The maximum atomic E-state index is 11.5. The molecule has 0 aliphatic carbocycles. The SMILES string of the molecule is C=CCNS(=O)(=O)c1ccc(I)cc1. The van der Waals surface area contributed by atoms with E-state index in [1.54, 1.807) is 24.3 Å². The number of sulfonamides is 1. The van der Waals surface area contributed by atoms with E-state index in [1.807, 2.05) is 0 Å². The lowest BCUT2D eigenvalue weighted by Gasteiger charge is -2.03. The molecule has 0 atom stereocenters. The third kappa shape index (κ3) is 3.07. The van der Waals surface area contributed by atoms with Crippen molar-refractivity contribution in [2.45, 2.75) is 4.90 Å². The molecule has 0 saturated carbocycles. The second kappa shape index (κ2) is 4.90. The van der Waals surface area contributed by atoms with Crippen molar-refractivity contribution < 1.29 is 8.42 Å². The summed E-state index contributed by atoms with van der Waals surface area (Å²) in [6, 6.07) is 6.66. The van der Waals surface area contributed by atoms with E-state index in [4.69, 9.17) is 0 Å². The molecule has 0 saturated heterocycles. The summed E-state index contributed by atoms with van der Waals surface area (Å²) in [7, 11) is -3.36. The van der Waals surface area contributed by atoms with Gasteiger partial charge in [0.2, 0.25) is 10.0 Å². The topological polar surface area (TPSA) is 46.2 Å². The fourth-order valence-corrected chi connectivity index (χ4v) is 2.22. The monoisotopic (exact) mass is 323 g/mol. The minimum Gasteiger partial charge on any atom is -0.207 e. The molecular weight excluding hydrogens is 313 g/mol. The Morgan fingerprint density at radius 1 is 1.36 bits per heavy atom. The van der Waals surface area contributed by atoms with Gasteiger partial charge in [-0.15, -0.1) is 6.58 Å². The Labute approximate surface area is 97.4 Å². The van der Waals surface area contributed by atoms with Gasteiger partial charge in [-0.25, -0.2) is 13.1 Å². The fraction of sp³-hybridized carbons (Fsp3) is 0.111. The zero-order valence-corrected chi connectivity index (χ0v) is 10.4. The smallest absolute Gasteiger partial charge is 0.207 e. The summed E-state index contributed by atoms with van der Waals surface area (Å²) in [5.74, 6) is 0. The zero-order chi connectivity index (χ0) is 10.6. The van der Waals surface area contributed by atoms with Crippen LogP contribution in [0.3, 0.4) is 0 Å². The molecule has 0 fully saturated rings. The molecule has 0 aromatic heterocycles. The van der Waals surface area contributed by atoms with E-state index in [0.29, 0.717) is 0 Å². The summed E-state index contributed by atoms with van der Waals surface area (Å²) < 4.78 is 26.5. The minimum atomic E-state index is -3.36. The van der Waals surface area contributed by atoms with Crippen molar-refractivity contribution in [3.8, 4) is 0 Å². The molecular formula is C9H10INO2S. The summed E-state index contributed by atoms with van der Waals surface area (Å²) in [4.78, 5) is 0.278. The average Bonchev–Trinajstić information content (AvgIpc) is 2.16. The number of hydrogen-bond donors (Lipinski definition) is 1. The molecule has 0 spiro atoms. The molecule has 0 amide bonds. The van der Waals surface area contributed by atoms with Crippen molar-refractivity contribution in [3.05, 3.63) is 40.5 Å². The predicted molar refractivity (Wildman–Crippen MR) is 64.5 cm³/mol. The van der Waals surface area contributed by atoms with E-state index >= 15 is 0 Å². The Kier molecular flexibility index (Phi) is 4.09. The summed E-state index contributed by atoms with van der Waals surface area (Å²) in [6.45, 7) is 3.69. The van der Waals surface area contributed by atoms with Gasteiger partial charge < -0.3 is 0 Å². The number of nitrogens with one attached hydrogen (secondary N) is 1. The highest BCUT2D eigenvalue weighted by molar-refractivity contribution is 14.1. The van der Waals surface area contributed by atoms with Gasteiger partial charge in [0.05, 0.1) is 4.90 Å². The van der Waals surface area contributed by atoms with E-state index in [1.165, 1.54) is 6.08 Å². The van der Waals surface area contributed by atoms with Gasteiger partial charge >= 0.3 is 0 Å². The van der Waals surface area contributed by atoms with Crippen LogP contribution < -0.4 is 4.72 Å². The first-order valence-electron chi connectivity index (χ1n) is 3.92. The average molecular weight is 323 g/mol. The normalized spacial score (nSPS) is 11.2. The maximum absolute atomic E-state index is 11.5. The highest BCUT2D eigenvalue weighted by Gasteiger charge is 2.11. The Hall–Kier alpha value is -0.400. The van der Waals surface area contributed by atoms with Crippen LogP contribution in [0.5, 0.6) is 0 Å². The van der Waals surface area contributed by atoms with Crippen LogP contribution in [0.1, 0.15) is 0 Å². The molecule has 0 bridgehead atoms. The second-order valence-electron chi connectivity index (χ2n) is 2.59. The first-order chi connectivity index (χ1) is 6.56. The van der Waals surface area contributed by atoms with Gasteiger partial charge in [0.15, 0.2) is 0 Å². The maximum Gasteiger partial charge on any atom is 0.240 e. The quantitative estimate of drug-likeness (QED) is 0.678. The highest BCUT2D eigenvalue weighted by atomic mass is 127. The van der Waals surface area contributed by atoms with Crippen LogP contribution in [0.15, 0.2) is 41.8 Å². The standard InChI is InChI=1S/C9H10INO2S/c1-2-7-11-14(12,13)9-5-3-8(10)4-6-9/h2-6,11H,1,7H2. The fourth-order valence-electron chi connectivity index (χ4n) is 0.866.